The third-order valence-corrected chi connectivity index (χ3v) is 4.37. The van der Waals surface area contributed by atoms with Crippen LogP contribution in [-0.4, -0.2) is 11.0 Å². The molecule has 0 spiro atoms. The molecular formula is C13H19FN2. The average molecular weight is 222 g/mol. The van der Waals surface area contributed by atoms with E-state index in [0.717, 1.165) is 24.8 Å². The molecule has 1 fully saturated rings. The highest BCUT2D eigenvalue weighted by atomic mass is 19.1. The van der Waals surface area contributed by atoms with Gasteiger partial charge in [-0.15, -0.1) is 0 Å². The van der Waals surface area contributed by atoms with Crippen LogP contribution in [0.3, 0.4) is 0 Å². The molecule has 1 heterocycles. The molecule has 0 amide bonds. The lowest BCUT2D eigenvalue weighted by molar-refractivity contribution is 0.0434. The third kappa shape index (κ3) is 1.54. The van der Waals surface area contributed by atoms with Crippen LogP contribution in [0.4, 0.5) is 4.39 Å². The summed E-state index contributed by atoms with van der Waals surface area (Å²) in [6.45, 7) is 4.34. The van der Waals surface area contributed by atoms with Crippen molar-refractivity contribution < 1.29 is 4.39 Å². The van der Waals surface area contributed by atoms with E-state index >= 15 is 0 Å². The Hall–Kier alpha value is -0.960. The summed E-state index contributed by atoms with van der Waals surface area (Å²) in [6.07, 6.45) is 6.08. The smallest absolute Gasteiger partial charge is 0.141 e. The molecule has 0 aliphatic heterocycles. The van der Waals surface area contributed by atoms with Crippen molar-refractivity contribution in [1.29, 1.82) is 0 Å². The number of hydrogen-bond acceptors (Lipinski definition) is 2. The summed E-state index contributed by atoms with van der Waals surface area (Å²) in [5, 5.41) is 0. The van der Waals surface area contributed by atoms with E-state index in [9.17, 15) is 4.39 Å². The molecule has 2 atom stereocenters. The monoisotopic (exact) mass is 222 g/mol. The third-order valence-electron chi connectivity index (χ3n) is 4.37. The second kappa shape index (κ2) is 4.13. The first-order valence-corrected chi connectivity index (χ1v) is 6.00. The fraction of sp³-hybridized carbons (Fsp3) is 0.615. The van der Waals surface area contributed by atoms with E-state index in [2.05, 4.69) is 18.8 Å². The molecule has 2 rings (SSSR count). The molecule has 2 nitrogen and oxygen atoms in total. The number of nitrogens with zero attached hydrogens (tertiary/aromatic N) is 1. The Bertz CT molecular complexity index is 374. The predicted molar refractivity (Wildman–Crippen MR) is 62.5 cm³/mol. The van der Waals surface area contributed by atoms with Gasteiger partial charge in [-0.05, 0) is 42.2 Å². The van der Waals surface area contributed by atoms with E-state index in [0.29, 0.717) is 5.92 Å². The van der Waals surface area contributed by atoms with Gasteiger partial charge in [-0.25, -0.2) is 4.39 Å². The van der Waals surface area contributed by atoms with Gasteiger partial charge in [0.2, 0.25) is 0 Å². The van der Waals surface area contributed by atoms with Gasteiger partial charge >= 0.3 is 0 Å². The van der Waals surface area contributed by atoms with Gasteiger partial charge in [-0.2, -0.15) is 0 Å². The fourth-order valence-corrected chi connectivity index (χ4v) is 3.18. The fourth-order valence-electron chi connectivity index (χ4n) is 3.18. The molecular weight excluding hydrogens is 203 g/mol. The first kappa shape index (κ1) is 11.5. The van der Waals surface area contributed by atoms with Crippen molar-refractivity contribution in [1.82, 2.24) is 4.98 Å². The van der Waals surface area contributed by atoms with Crippen LogP contribution in [-0.2, 0) is 0 Å². The highest BCUT2D eigenvalue weighted by Gasteiger charge is 2.51. The number of pyridine rings is 1. The number of nitrogens with two attached hydrogens (primary N) is 1. The lowest BCUT2D eigenvalue weighted by atomic mass is 9.52. The van der Waals surface area contributed by atoms with E-state index < -0.39 is 0 Å². The van der Waals surface area contributed by atoms with E-state index in [1.165, 1.54) is 6.20 Å². The summed E-state index contributed by atoms with van der Waals surface area (Å²) in [5.41, 5.74) is 7.28. The van der Waals surface area contributed by atoms with E-state index in [1.807, 2.05) is 0 Å². The van der Waals surface area contributed by atoms with Crippen LogP contribution >= 0.6 is 0 Å². The Labute approximate surface area is 96.1 Å². The van der Waals surface area contributed by atoms with Gasteiger partial charge in [0.25, 0.3) is 0 Å². The van der Waals surface area contributed by atoms with Gasteiger partial charge < -0.3 is 5.73 Å². The van der Waals surface area contributed by atoms with Crippen LogP contribution < -0.4 is 5.73 Å². The first-order valence-electron chi connectivity index (χ1n) is 6.00. The molecule has 1 aliphatic carbocycles. The van der Waals surface area contributed by atoms with Crippen molar-refractivity contribution in [2.24, 2.45) is 11.1 Å². The molecule has 1 aromatic heterocycles. The summed E-state index contributed by atoms with van der Waals surface area (Å²) in [5.74, 6) is 0.125. The maximum atomic E-state index is 13.2. The summed E-state index contributed by atoms with van der Waals surface area (Å²) < 4.78 is 13.2. The normalized spacial score (nSPS) is 27.5. The Balaban J connectivity index is 2.29. The van der Waals surface area contributed by atoms with Crippen LogP contribution in [0.5, 0.6) is 0 Å². The highest BCUT2D eigenvalue weighted by molar-refractivity contribution is 5.26. The van der Waals surface area contributed by atoms with Crippen molar-refractivity contribution in [3.05, 3.63) is 29.8 Å². The summed E-state index contributed by atoms with van der Waals surface area (Å²) in [4.78, 5) is 3.93. The van der Waals surface area contributed by atoms with Gasteiger partial charge in [0.05, 0.1) is 6.20 Å². The quantitative estimate of drug-likeness (QED) is 0.854. The molecule has 16 heavy (non-hydrogen) atoms. The summed E-state index contributed by atoms with van der Waals surface area (Å²) in [7, 11) is 0. The van der Waals surface area contributed by atoms with Crippen LogP contribution in [0.15, 0.2) is 18.5 Å². The molecule has 0 aromatic carbocycles. The standard InChI is InChI=1S/C13H19FN2/c1-3-13(4-2)11(6-12(13)15)9-5-10(14)8-16-7-9/h5,7-8,11-12H,3-4,6,15H2,1-2H3. The van der Waals surface area contributed by atoms with Gasteiger partial charge in [0.1, 0.15) is 5.82 Å². The summed E-state index contributed by atoms with van der Waals surface area (Å²) >= 11 is 0. The van der Waals surface area contributed by atoms with Crippen molar-refractivity contribution >= 4 is 0 Å². The lowest BCUT2D eigenvalue weighted by Crippen LogP contribution is -2.55. The van der Waals surface area contributed by atoms with Crippen molar-refractivity contribution in [2.45, 2.75) is 45.1 Å². The zero-order chi connectivity index (χ0) is 11.8. The molecule has 88 valence electrons. The minimum absolute atomic E-state index is 0.148. The molecule has 1 aromatic rings. The van der Waals surface area contributed by atoms with Crippen LogP contribution in [0, 0.1) is 11.2 Å². The van der Waals surface area contributed by atoms with Crippen molar-refractivity contribution in [3.63, 3.8) is 0 Å². The highest BCUT2D eigenvalue weighted by Crippen LogP contribution is 2.56. The van der Waals surface area contributed by atoms with Crippen LogP contribution in [0.2, 0.25) is 0 Å². The Kier molecular flexibility index (Phi) is 2.98. The molecule has 2 N–H and O–H groups in total. The minimum Gasteiger partial charge on any atom is -0.327 e. The lowest BCUT2D eigenvalue weighted by Gasteiger charge is -2.54. The van der Waals surface area contributed by atoms with Crippen LogP contribution in [0.1, 0.15) is 44.6 Å². The maximum Gasteiger partial charge on any atom is 0.141 e. The largest absolute Gasteiger partial charge is 0.327 e. The van der Waals surface area contributed by atoms with Gasteiger partial charge in [-0.3, -0.25) is 4.98 Å². The Morgan fingerprint density at radius 2 is 2.12 bits per heavy atom. The molecule has 0 bridgehead atoms. The number of rotatable bonds is 3. The molecule has 2 unspecified atom stereocenters. The molecule has 3 heteroatoms. The average Bonchev–Trinajstić information content (AvgIpc) is 2.27. The molecule has 0 saturated heterocycles. The van der Waals surface area contributed by atoms with Gasteiger partial charge in [-0.1, -0.05) is 13.8 Å². The van der Waals surface area contributed by atoms with E-state index in [4.69, 9.17) is 5.73 Å². The SMILES string of the molecule is CCC1(CC)C(N)CC1c1cncc(F)c1. The molecule has 1 saturated carbocycles. The van der Waals surface area contributed by atoms with Gasteiger partial charge in [0, 0.05) is 12.2 Å². The number of hydrogen-bond donors (Lipinski definition) is 1. The van der Waals surface area contributed by atoms with E-state index in [-0.39, 0.29) is 17.3 Å². The minimum atomic E-state index is -0.251. The zero-order valence-corrected chi connectivity index (χ0v) is 9.91. The second-order valence-electron chi connectivity index (χ2n) is 4.77. The Morgan fingerprint density at radius 3 is 2.62 bits per heavy atom. The van der Waals surface area contributed by atoms with Crippen LogP contribution in [0.25, 0.3) is 0 Å². The maximum absolute atomic E-state index is 13.2. The second-order valence-corrected chi connectivity index (χ2v) is 4.77. The van der Waals surface area contributed by atoms with Gasteiger partial charge in [0.15, 0.2) is 0 Å². The topological polar surface area (TPSA) is 38.9 Å². The molecule has 1 aliphatic rings. The van der Waals surface area contributed by atoms with E-state index in [1.54, 1.807) is 12.3 Å². The number of halogens is 1. The molecule has 0 radical (unpaired) electrons. The van der Waals surface area contributed by atoms with Crippen molar-refractivity contribution in [2.75, 3.05) is 0 Å². The van der Waals surface area contributed by atoms with Crippen molar-refractivity contribution in [3.8, 4) is 0 Å². The predicted octanol–water partition coefficient (Wildman–Crippen LogP) is 2.84. The number of aromatic nitrogens is 1. The first-order chi connectivity index (χ1) is 7.64. The summed E-state index contributed by atoms with van der Waals surface area (Å²) in [6, 6.07) is 1.85. The zero-order valence-electron chi connectivity index (χ0n) is 9.91. The Morgan fingerprint density at radius 1 is 1.44 bits per heavy atom.